The average molecular weight is 334 g/mol. The number of rotatable bonds is 3. The van der Waals surface area contributed by atoms with Crippen LogP contribution >= 0.6 is 0 Å². The predicted molar refractivity (Wildman–Crippen MR) is 97.4 cm³/mol. The van der Waals surface area contributed by atoms with Gasteiger partial charge in [-0.1, -0.05) is 30.3 Å². The van der Waals surface area contributed by atoms with Crippen molar-refractivity contribution < 1.29 is 0 Å². The molecule has 2 aliphatic heterocycles. The lowest BCUT2D eigenvalue weighted by Gasteiger charge is -2.39. The summed E-state index contributed by atoms with van der Waals surface area (Å²) in [6.45, 7) is 1.06. The van der Waals surface area contributed by atoms with Crippen molar-refractivity contribution in [2.45, 2.75) is 50.4 Å². The number of aromatic amines is 1. The Morgan fingerprint density at radius 2 is 1.80 bits per heavy atom. The molecular weight excluding hydrogens is 312 g/mol. The first-order valence-corrected chi connectivity index (χ1v) is 9.14. The standard InChI is InChI=1S/C20H22N4O/c25-19-10-15-8-9-23(20(15)22-21-19)18-11-16-6-7-17(12-18)24(16)13-14-4-2-1-3-5-14/h1-5,8-10,16-18H,6-7,11-13H2,(H,21,25). The zero-order valence-corrected chi connectivity index (χ0v) is 14.1. The van der Waals surface area contributed by atoms with E-state index in [0.29, 0.717) is 18.1 Å². The molecule has 0 amide bonds. The van der Waals surface area contributed by atoms with Crippen LogP contribution in [0.15, 0.2) is 53.5 Å². The van der Waals surface area contributed by atoms with Gasteiger partial charge >= 0.3 is 0 Å². The maximum Gasteiger partial charge on any atom is 0.264 e. The van der Waals surface area contributed by atoms with Gasteiger partial charge in [0.1, 0.15) is 0 Å². The Bertz CT molecular complexity index is 931. The molecule has 0 spiro atoms. The van der Waals surface area contributed by atoms with Crippen LogP contribution in [-0.4, -0.2) is 31.7 Å². The van der Waals surface area contributed by atoms with Gasteiger partial charge in [-0.15, -0.1) is 0 Å². The van der Waals surface area contributed by atoms with Crippen molar-refractivity contribution in [3.63, 3.8) is 0 Å². The maximum atomic E-state index is 11.5. The molecule has 2 unspecified atom stereocenters. The van der Waals surface area contributed by atoms with E-state index in [4.69, 9.17) is 0 Å². The SMILES string of the molecule is O=c1cc2ccn(C3CC4CCC(C3)N4Cc3ccccc3)c2n[nH]1. The number of fused-ring (bicyclic) bond motifs is 3. The van der Waals surface area contributed by atoms with Crippen LogP contribution in [0.5, 0.6) is 0 Å². The molecule has 25 heavy (non-hydrogen) atoms. The second kappa shape index (κ2) is 5.85. The molecule has 1 aromatic carbocycles. The number of hydrogen-bond acceptors (Lipinski definition) is 3. The molecule has 0 saturated carbocycles. The van der Waals surface area contributed by atoms with Gasteiger partial charge in [0, 0.05) is 42.3 Å². The third-order valence-electron chi connectivity index (χ3n) is 5.94. The molecule has 2 atom stereocenters. The summed E-state index contributed by atoms with van der Waals surface area (Å²) in [4.78, 5) is 14.2. The molecule has 5 heteroatoms. The molecule has 5 rings (SSSR count). The molecule has 2 fully saturated rings. The van der Waals surface area contributed by atoms with Gasteiger partial charge in [-0.25, -0.2) is 5.10 Å². The van der Waals surface area contributed by atoms with E-state index < -0.39 is 0 Å². The summed E-state index contributed by atoms with van der Waals surface area (Å²) in [6.07, 6.45) is 7.00. The van der Waals surface area contributed by atoms with Crippen LogP contribution in [-0.2, 0) is 6.54 Å². The Morgan fingerprint density at radius 1 is 1.04 bits per heavy atom. The van der Waals surface area contributed by atoms with E-state index in [1.165, 1.54) is 18.4 Å². The lowest BCUT2D eigenvalue weighted by atomic mass is 9.96. The quantitative estimate of drug-likeness (QED) is 0.801. The predicted octanol–water partition coefficient (Wildman–Crippen LogP) is 3.09. The fourth-order valence-electron chi connectivity index (χ4n) is 4.79. The second-order valence-electron chi connectivity index (χ2n) is 7.40. The van der Waals surface area contributed by atoms with Gasteiger partial charge in [0.2, 0.25) is 0 Å². The molecule has 0 aliphatic carbocycles. The van der Waals surface area contributed by atoms with Gasteiger partial charge in [-0.2, -0.15) is 5.10 Å². The highest BCUT2D eigenvalue weighted by Crippen LogP contribution is 2.42. The number of piperidine rings is 1. The summed E-state index contributed by atoms with van der Waals surface area (Å²) in [5, 5.41) is 7.80. The molecule has 1 N–H and O–H groups in total. The number of hydrogen-bond donors (Lipinski definition) is 1. The molecular formula is C20H22N4O. The van der Waals surface area contributed by atoms with E-state index >= 15 is 0 Å². The normalized spacial score (nSPS) is 26.3. The third-order valence-corrected chi connectivity index (χ3v) is 5.94. The largest absolute Gasteiger partial charge is 0.328 e. The number of aromatic nitrogens is 3. The van der Waals surface area contributed by atoms with Gasteiger partial charge in [0.05, 0.1) is 0 Å². The topological polar surface area (TPSA) is 53.9 Å². The second-order valence-corrected chi connectivity index (χ2v) is 7.40. The van der Waals surface area contributed by atoms with Crippen molar-refractivity contribution in [3.05, 3.63) is 64.6 Å². The van der Waals surface area contributed by atoms with E-state index in [1.54, 1.807) is 6.07 Å². The average Bonchev–Trinajstić information content (AvgIpc) is 3.13. The molecule has 2 bridgehead atoms. The van der Waals surface area contributed by atoms with Gasteiger partial charge in [0.15, 0.2) is 5.65 Å². The summed E-state index contributed by atoms with van der Waals surface area (Å²) in [6, 6.07) is 16.2. The Morgan fingerprint density at radius 3 is 2.56 bits per heavy atom. The van der Waals surface area contributed by atoms with E-state index in [1.807, 2.05) is 6.07 Å². The molecule has 2 aliphatic rings. The van der Waals surface area contributed by atoms with Crippen LogP contribution in [0.25, 0.3) is 11.0 Å². The molecule has 2 aromatic heterocycles. The molecule has 5 nitrogen and oxygen atoms in total. The minimum absolute atomic E-state index is 0.136. The lowest BCUT2D eigenvalue weighted by molar-refractivity contribution is 0.101. The number of benzene rings is 1. The summed E-state index contributed by atoms with van der Waals surface area (Å²) in [7, 11) is 0. The lowest BCUT2D eigenvalue weighted by Crippen LogP contribution is -2.42. The molecule has 2 saturated heterocycles. The van der Waals surface area contributed by atoms with Gasteiger partial charge < -0.3 is 4.57 Å². The van der Waals surface area contributed by atoms with Crippen LogP contribution in [0.4, 0.5) is 0 Å². The first kappa shape index (κ1) is 14.9. The van der Waals surface area contributed by atoms with E-state index in [9.17, 15) is 4.79 Å². The Kier molecular flexibility index (Phi) is 3.48. The summed E-state index contributed by atoms with van der Waals surface area (Å²) in [5.74, 6) is 0. The first-order valence-electron chi connectivity index (χ1n) is 9.14. The number of nitrogens with zero attached hydrogens (tertiary/aromatic N) is 3. The highest BCUT2D eigenvalue weighted by atomic mass is 16.1. The van der Waals surface area contributed by atoms with Crippen molar-refractivity contribution in [1.82, 2.24) is 19.7 Å². The monoisotopic (exact) mass is 334 g/mol. The van der Waals surface area contributed by atoms with Gasteiger partial charge in [-0.05, 0) is 37.3 Å². The van der Waals surface area contributed by atoms with Crippen LogP contribution in [0.2, 0.25) is 0 Å². The minimum Gasteiger partial charge on any atom is -0.328 e. The van der Waals surface area contributed by atoms with Crippen molar-refractivity contribution in [2.24, 2.45) is 0 Å². The van der Waals surface area contributed by atoms with E-state index in [-0.39, 0.29) is 5.56 Å². The van der Waals surface area contributed by atoms with Gasteiger partial charge in [-0.3, -0.25) is 9.69 Å². The zero-order valence-electron chi connectivity index (χ0n) is 14.1. The van der Waals surface area contributed by atoms with Crippen LogP contribution in [0.3, 0.4) is 0 Å². The Labute approximate surface area is 146 Å². The Hall–Kier alpha value is -2.40. The van der Waals surface area contributed by atoms with Crippen LogP contribution in [0.1, 0.15) is 37.3 Å². The highest BCUT2D eigenvalue weighted by Gasteiger charge is 2.41. The highest BCUT2D eigenvalue weighted by molar-refractivity contribution is 5.75. The van der Waals surface area contributed by atoms with Crippen molar-refractivity contribution in [2.75, 3.05) is 0 Å². The van der Waals surface area contributed by atoms with Crippen LogP contribution in [0, 0.1) is 0 Å². The molecule has 4 heterocycles. The van der Waals surface area contributed by atoms with E-state index in [0.717, 1.165) is 30.4 Å². The molecule has 0 radical (unpaired) electrons. The number of nitrogens with one attached hydrogen (secondary N) is 1. The molecule has 3 aromatic rings. The maximum absolute atomic E-state index is 11.5. The van der Waals surface area contributed by atoms with Crippen molar-refractivity contribution in [1.29, 1.82) is 0 Å². The third kappa shape index (κ3) is 2.59. The first-order chi connectivity index (χ1) is 12.3. The van der Waals surface area contributed by atoms with Crippen molar-refractivity contribution in [3.8, 4) is 0 Å². The number of H-pyrrole nitrogens is 1. The summed E-state index contributed by atoms with van der Waals surface area (Å²) >= 11 is 0. The fraction of sp³-hybridized carbons (Fsp3) is 0.400. The minimum atomic E-state index is -0.136. The summed E-state index contributed by atoms with van der Waals surface area (Å²) < 4.78 is 2.27. The molecule has 128 valence electrons. The van der Waals surface area contributed by atoms with Crippen LogP contribution < -0.4 is 5.56 Å². The Balaban J connectivity index is 1.39. The zero-order chi connectivity index (χ0) is 16.8. The van der Waals surface area contributed by atoms with E-state index in [2.05, 4.69) is 56.2 Å². The smallest absolute Gasteiger partial charge is 0.264 e. The summed E-state index contributed by atoms with van der Waals surface area (Å²) in [5.41, 5.74) is 2.17. The van der Waals surface area contributed by atoms with Crippen molar-refractivity contribution >= 4 is 11.0 Å². The van der Waals surface area contributed by atoms with Gasteiger partial charge in [0.25, 0.3) is 5.56 Å². The fourth-order valence-corrected chi connectivity index (χ4v) is 4.79.